The molecule has 1 unspecified atom stereocenters. The van der Waals surface area contributed by atoms with Crippen LogP contribution in [0.2, 0.25) is 0 Å². The Morgan fingerprint density at radius 3 is 2.58 bits per heavy atom. The number of hydrogen-bond acceptors (Lipinski definition) is 3. The van der Waals surface area contributed by atoms with E-state index < -0.39 is 0 Å². The number of fused-ring (bicyclic) bond motifs is 1. The van der Waals surface area contributed by atoms with Gasteiger partial charge in [0.25, 0.3) is 5.91 Å². The molecule has 5 nitrogen and oxygen atoms in total. The van der Waals surface area contributed by atoms with Crippen LogP contribution in [0.25, 0.3) is 16.8 Å². The van der Waals surface area contributed by atoms with E-state index in [4.69, 9.17) is 12.2 Å². The van der Waals surface area contributed by atoms with Gasteiger partial charge in [-0.05, 0) is 66.2 Å². The van der Waals surface area contributed by atoms with Gasteiger partial charge in [0.2, 0.25) is 5.91 Å². The van der Waals surface area contributed by atoms with Crippen molar-refractivity contribution in [2.24, 2.45) is 0 Å². The summed E-state index contributed by atoms with van der Waals surface area (Å²) in [6.07, 6.45) is 4.07. The second kappa shape index (κ2) is 10.5. The molecule has 0 heterocycles. The number of amides is 2. The Kier molecular flexibility index (Phi) is 7.51. The predicted octanol–water partition coefficient (Wildman–Crippen LogP) is 4.89. The molecule has 0 aliphatic rings. The molecule has 0 spiro atoms. The van der Waals surface area contributed by atoms with Crippen molar-refractivity contribution in [1.29, 1.82) is 0 Å². The monoisotopic (exact) mass is 431 g/mol. The van der Waals surface area contributed by atoms with Crippen molar-refractivity contribution in [1.82, 2.24) is 10.6 Å². The molecule has 1 atom stereocenters. The molecule has 3 N–H and O–H groups in total. The van der Waals surface area contributed by atoms with E-state index in [0.29, 0.717) is 11.3 Å². The van der Waals surface area contributed by atoms with Crippen LogP contribution in [0.1, 0.15) is 36.2 Å². The predicted molar refractivity (Wildman–Crippen MR) is 131 cm³/mol. The van der Waals surface area contributed by atoms with Crippen molar-refractivity contribution in [2.45, 2.75) is 26.3 Å². The summed E-state index contributed by atoms with van der Waals surface area (Å²) in [5.41, 5.74) is 2.10. The van der Waals surface area contributed by atoms with Gasteiger partial charge in [0.15, 0.2) is 5.11 Å². The fourth-order valence-corrected chi connectivity index (χ4v) is 3.24. The van der Waals surface area contributed by atoms with Crippen LogP contribution >= 0.6 is 12.2 Å². The van der Waals surface area contributed by atoms with Gasteiger partial charge in [-0.3, -0.25) is 14.9 Å². The van der Waals surface area contributed by atoms with E-state index in [1.807, 2.05) is 56.3 Å². The normalized spacial score (nSPS) is 11.8. The van der Waals surface area contributed by atoms with E-state index in [0.717, 1.165) is 22.8 Å². The highest BCUT2D eigenvalue weighted by Gasteiger charge is 2.10. The fourth-order valence-electron chi connectivity index (χ4n) is 3.02. The lowest BCUT2D eigenvalue weighted by Crippen LogP contribution is -2.33. The minimum Gasteiger partial charge on any atom is -0.350 e. The van der Waals surface area contributed by atoms with Gasteiger partial charge in [-0.15, -0.1) is 0 Å². The third-order valence-electron chi connectivity index (χ3n) is 4.85. The van der Waals surface area contributed by atoms with Crippen LogP contribution in [0, 0.1) is 0 Å². The molecule has 0 aliphatic heterocycles. The van der Waals surface area contributed by atoms with Crippen molar-refractivity contribution in [2.75, 3.05) is 5.32 Å². The quantitative estimate of drug-likeness (QED) is 0.384. The molecule has 0 bridgehead atoms. The van der Waals surface area contributed by atoms with Gasteiger partial charge in [-0.25, -0.2) is 0 Å². The first-order chi connectivity index (χ1) is 15.0. The lowest BCUT2D eigenvalue weighted by atomic mass is 10.0. The van der Waals surface area contributed by atoms with Crippen molar-refractivity contribution >= 4 is 51.7 Å². The van der Waals surface area contributed by atoms with Crippen LogP contribution in [0.4, 0.5) is 5.69 Å². The Morgan fingerprint density at radius 1 is 1.03 bits per heavy atom. The Bertz CT molecular complexity index is 1140. The molecular formula is C25H25N3O2S. The minimum atomic E-state index is -0.337. The van der Waals surface area contributed by atoms with E-state index in [-0.39, 0.29) is 23.0 Å². The summed E-state index contributed by atoms with van der Waals surface area (Å²) >= 11 is 5.24. The van der Waals surface area contributed by atoms with Crippen LogP contribution in [-0.4, -0.2) is 23.0 Å². The molecule has 0 radical (unpaired) electrons. The first-order valence-electron chi connectivity index (χ1n) is 10.1. The highest BCUT2D eigenvalue weighted by Crippen LogP contribution is 2.19. The molecule has 3 aromatic rings. The van der Waals surface area contributed by atoms with Gasteiger partial charge in [-0.1, -0.05) is 55.5 Å². The van der Waals surface area contributed by atoms with Crippen LogP contribution in [0.15, 0.2) is 72.8 Å². The largest absolute Gasteiger partial charge is 0.350 e. The van der Waals surface area contributed by atoms with Gasteiger partial charge >= 0.3 is 0 Å². The molecule has 2 amide bonds. The lowest BCUT2D eigenvalue weighted by Gasteiger charge is -2.13. The van der Waals surface area contributed by atoms with E-state index in [1.165, 1.54) is 6.08 Å². The number of carbonyl (C=O) groups excluding carboxylic acids is 2. The molecule has 0 aromatic heterocycles. The third kappa shape index (κ3) is 6.23. The molecule has 31 heavy (non-hydrogen) atoms. The second-order valence-corrected chi connectivity index (χ2v) is 7.62. The summed E-state index contributed by atoms with van der Waals surface area (Å²) in [6.45, 7) is 3.97. The van der Waals surface area contributed by atoms with Crippen molar-refractivity contribution in [3.8, 4) is 0 Å². The summed E-state index contributed by atoms with van der Waals surface area (Å²) in [5, 5.41) is 10.8. The number of rotatable bonds is 6. The molecule has 0 saturated heterocycles. The van der Waals surface area contributed by atoms with Crippen LogP contribution in [-0.2, 0) is 4.79 Å². The van der Waals surface area contributed by atoms with Crippen LogP contribution < -0.4 is 16.0 Å². The average Bonchev–Trinajstić information content (AvgIpc) is 2.77. The van der Waals surface area contributed by atoms with Gasteiger partial charge in [0.05, 0.1) is 0 Å². The van der Waals surface area contributed by atoms with E-state index >= 15 is 0 Å². The molecular weight excluding hydrogens is 406 g/mol. The number of anilines is 1. The van der Waals surface area contributed by atoms with Crippen molar-refractivity contribution in [3.63, 3.8) is 0 Å². The molecule has 0 fully saturated rings. The topological polar surface area (TPSA) is 70.2 Å². The van der Waals surface area contributed by atoms with Gasteiger partial charge in [0.1, 0.15) is 0 Å². The molecule has 158 valence electrons. The molecule has 0 saturated carbocycles. The maximum atomic E-state index is 12.3. The number of carbonyl (C=O) groups is 2. The van der Waals surface area contributed by atoms with E-state index in [1.54, 1.807) is 30.3 Å². The number of hydrogen-bond donors (Lipinski definition) is 3. The summed E-state index contributed by atoms with van der Waals surface area (Å²) in [6, 6.07) is 21.0. The number of benzene rings is 3. The minimum absolute atomic E-state index is 0.0954. The fraction of sp³-hybridized carbons (Fsp3) is 0.160. The van der Waals surface area contributed by atoms with Crippen molar-refractivity contribution < 1.29 is 9.59 Å². The summed E-state index contributed by atoms with van der Waals surface area (Å²) in [5.74, 6) is -0.484. The highest BCUT2D eigenvalue weighted by molar-refractivity contribution is 7.80. The average molecular weight is 432 g/mol. The smallest absolute Gasteiger partial charge is 0.251 e. The van der Waals surface area contributed by atoms with E-state index in [2.05, 4.69) is 16.0 Å². The maximum absolute atomic E-state index is 12.3. The molecule has 3 aromatic carbocycles. The Labute approximate surface area is 187 Å². The second-order valence-electron chi connectivity index (χ2n) is 7.21. The van der Waals surface area contributed by atoms with Gasteiger partial charge in [-0.2, -0.15) is 0 Å². The zero-order valence-corrected chi connectivity index (χ0v) is 18.3. The number of thiocarbonyl (C=S) groups is 1. The number of nitrogens with one attached hydrogen (secondary N) is 3. The van der Waals surface area contributed by atoms with Gasteiger partial charge in [0, 0.05) is 23.4 Å². The summed E-state index contributed by atoms with van der Waals surface area (Å²) in [7, 11) is 0. The Hall–Kier alpha value is -3.51. The Morgan fingerprint density at radius 2 is 1.77 bits per heavy atom. The van der Waals surface area contributed by atoms with Crippen LogP contribution in [0.5, 0.6) is 0 Å². The van der Waals surface area contributed by atoms with Crippen LogP contribution in [0.3, 0.4) is 0 Å². The molecule has 0 aliphatic carbocycles. The molecule has 6 heteroatoms. The molecule has 3 rings (SSSR count). The van der Waals surface area contributed by atoms with E-state index in [9.17, 15) is 9.59 Å². The zero-order valence-electron chi connectivity index (χ0n) is 17.5. The first kappa shape index (κ1) is 22.2. The SMILES string of the molecule is CCC(C)NC(=O)c1cccc(NC(=S)NC(=O)/C=C/c2cccc3ccccc23)c1. The maximum Gasteiger partial charge on any atom is 0.251 e. The third-order valence-corrected chi connectivity index (χ3v) is 5.05. The first-order valence-corrected chi connectivity index (χ1v) is 10.6. The highest BCUT2D eigenvalue weighted by atomic mass is 32.1. The lowest BCUT2D eigenvalue weighted by molar-refractivity contribution is -0.115. The van der Waals surface area contributed by atoms with Gasteiger partial charge < -0.3 is 10.6 Å². The summed E-state index contributed by atoms with van der Waals surface area (Å²) in [4.78, 5) is 24.6. The van der Waals surface area contributed by atoms with Crippen molar-refractivity contribution in [3.05, 3.63) is 83.9 Å². The Balaban J connectivity index is 1.60. The standard InChI is InChI=1S/C25H25N3O2S/c1-3-17(2)26-24(30)20-11-7-12-21(16-20)27-25(31)28-23(29)15-14-19-10-6-9-18-8-4-5-13-22(18)19/h4-17H,3H2,1-2H3,(H,26,30)(H2,27,28,29,31)/b15-14+. The summed E-state index contributed by atoms with van der Waals surface area (Å²) < 4.78 is 0. The zero-order chi connectivity index (χ0) is 22.2.